The summed E-state index contributed by atoms with van der Waals surface area (Å²) in [6.07, 6.45) is 0.602. The third-order valence-electron chi connectivity index (χ3n) is 2.89. The van der Waals surface area contributed by atoms with E-state index in [0.717, 1.165) is 6.42 Å². The van der Waals surface area contributed by atoms with Crippen molar-refractivity contribution in [3.05, 3.63) is 0 Å². The highest BCUT2D eigenvalue weighted by Crippen LogP contribution is 2.31. The Bertz CT molecular complexity index is 271. The minimum Gasteiger partial charge on any atom is -0.373 e. The van der Waals surface area contributed by atoms with Gasteiger partial charge in [-0.3, -0.25) is 0 Å². The van der Waals surface area contributed by atoms with Gasteiger partial charge in [-0.05, 0) is 27.7 Å². The molecule has 1 unspecified atom stereocenters. The van der Waals surface area contributed by atoms with Crippen molar-refractivity contribution >= 4 is 0 Å². The zero-order valence-electron chi connectivity index (χ0n) is 10.9. The van der Waals surface area contributed by atoms with Crippen LogP contribution >= 0.6 is 0 Å². The second-order valence-electron chi connectivity index (χ2n) is 5.66. The summed E-state index contributed by atoms with van der Waals surface area (Å²) in [5, 5.41) is 9.58. The molecule has 0 spiro atoms. The molecule has 2 aliphatic rings. The van der Waals surface area contributed by atoms with Crippen LogP contribution in [0.5, 0.6) is 0 Å². The lowest BCUT2D eigenvalue weighted by Crippen LogP contribution is -2.32. The molecule has 100 valence electrons. The predicted octanol–water partition coefficient (Wildman–Crippen LogP) is 1.04. The second kappa shape index (κ2) is 4.48. The summed E-state index contributed by atoms with van der Waals surface area (Å²) in [6.45, 7) is 8.08. The highest BCUT2D eigenvalue weighted by atomic mass is 16.8. The summed E-state index contributed by atoms with van der Waals surface area (Å²) < 4.78 is 22.4. The second-order valence-corrected chi connectivity index (χ2v) is 5.66. The molecule has 0 amide bonds. The zero-order chi connectivity index (χ0) is 12.7. The summed E-state index contributed by atoms with van der Waals surface area (Å²) in [5.41, 5.74) is 0. The van der Waals surface area contributed by atoms with Gasteiger partial charge in [0.15, 0.2) is 11.6 Å². The van der Waals surface area contributed by atoms with Gasteiger partial charge in [-0.15, -0.1) is 0 Å². The van der Waals surface area contributed by atoms with Gasteiger partial charge in [-0.2, -0.15) is 0 Å². The Morgan fingerprint density at radius 2 is 1.94 bits per heavy atom. The van der Waals surface area contributed by atoms with Gasteiger partial charge in [0, 0.05) is 6.42 Å². The maximum atomic E-state index is 9.58. The van der Waals surface area contributed by atoms with E-state index in [4.69, 9.17) is 18.9 Å². The Labute approximate surface area is 102 Å². The SMILES string of the molecule is CC(C)(O)O[C@H]1CO[C@H](C2COC(C)(C)O2)C1. The van der Waals surface area contributed by atoms with E-state index in [1.54, 1.807) is 13.8 Å². The van der Waals surface area contributed by atoms with E-state index >= 15 is 0 Å². The van der Waals surface area contributed by atoms with E-state index in [9.17, 15) is 5.11 Å². The van der Waals surface area contributed by atoms with Crippen LogP contribution in [0.25, 0.3) is 0 Å². The third-order valence-corrected chi connectivity index (χ3v) is 2.89. The summed E-state index contributed by atoms with van der Waals surface area (Å²) >= 11 is 0. The van der Waals surface area contributed by atoms with Crippen LogP contribution in [-0.4, -0.2) is 48.2 Å². The molecule has 17 heavy (non-hydrogen) atoms. The van der Waals surface area contributed by atoms with Gasteiger partial charge in [0.2, 0.25) is 0 Å². The average molecular weight is 246 g/mol. The topological polar surface area (TPSA) is 57.2 Å². The quantitative estimate of drug-likeness (QED) is 0.754. The van der Waals surface area contributed by atoms with Gasteiger partial charge in [0.05, 0.1) is 25.4 Å². The molecule has 0 aromatic rings. The monoisotopic (exact) mass is 246 g/mol. The van der Waals surface area contributed by atoms with Crippen molar-refractivity contribution in [2.75, 3.05) is 13.2 Å². The molecule has 2 fully saturated rings. The lowest BCUT2D eigenvalue weighted by Gasteiger charge is -2.23. The molecule has 0 radical (unpaired) electrons. The fourth-order valence-corrected chi connectivity index (χ4v) is 2.27. The Morgan fingerprint density at radius 1 is 1.24 bits per heavy atom. The van der Waals surface area contributed by atoms with Crippen LogP contribution in [0.3, 0.4) is 0 Å². The molecule has 5 heteroatoms. The van der Waals surface area contributed by atoms with Gasteiger partial charge in [0.1, 0.15) is 6.10 Å². The van der Waals surface area contributed by atoms with E-state index in [1.807, 2.05) is 13.8 Å². The van der Waals surface area contributed by atoms with Gasteiger partial charge < -0.3 is 24.1 Å². The molecule has 2 rings (SSSR count). The van der Waals surface area contributed by atoms with Crippen LogP contribution in [0, 0.1) is 0 Å². The van der Waals surface area contributed by atoms with E-state index < -0.39 is 11.6 Å². The molecule has 0 aromatic carbocycles. The Morgan fingerprint density at radius 3 is 2.47 bits per heavy atom. The highest BCUT2D eigenvalue weighted by Gasteiger charge is 2.42. The zero-order valence-corrected chi connectivity index (χ0v) is 10.9. The minimum atomic E-state index is -1.12. The maximum absolute atomic E-state index is 9.58. The van der Waals surface area contributed by atoms with Gasteiger partial charge in [-0.1, -0.05) is 0 Å². The number of aliphatic hydroxyl groups is 1. The number of hydrogen-bond donors (Lipinski definition) is 1. The molecule has 0 aliphatic carbocycles. The van der Waals surface area contributed by atoms with Gasteiger partial charge in [0.25, 0.3) is 0 Å². The lowest BCUT2D eigenvalue weighted by molar-refractivity contribution is -0.204. The first-order valence-corrected chi connectivity index (χ1v) is 6.09. The predicted molar refractivity (Wildman–Crippen MR) is 60.4 cm³/mol. The fourth-order valence-electron chi connectivity index (χ4n) is 2.27. The first-order valence-electron chi connectivity index (χ1n) is 6.09. The Balaban J connectivity index is 1.82. The van der Waals surface area contributed by atoms with Crippen LogP contribution in [0.2, 0.25) is 0 Å². The van der Waals surface area contributed by atoms with E-state index in [2.05, 4.69) is 0 Å². The summed E-state index contributed by atoms with van der Waals surface area (Å²) in [6, 6.07) is 0. The Kier molecular flexibility index (Phi) is 3.49. The summed E-state index contributed by atoms with van der Waals surface area (Å²) in [7, 11) is 0. The minimum absolute atomic E-state index is 0.0101. The van der Waals surface area contributed by atoms with E-state index in [1.165, 1.54) is 0 Å². The molecule has 0 saturated carbocycles. The van der Waals surface area contributed by atoms with Crippen molar-refractivity contribution < 1.29 is 24.1 Å². The van der Waals surface area contributed by atoms with Crippen molar-refractivity contribution in [3.63, 3.8) is 0 Å². The van der Waals surface area contributed by atoms with Crippen molar-refractivity contribution in [1.82, 2.24) is 0 Å². The van der Waals surface area contributed by atoms with Crippen molar-refractivity contribution in [2.45, 2.75) is 64.0 Å². The largest absolute Gasteiger partial charge is 0.373 e. The Hall–Kier alpha value is -0.200. The molecular formula is C12H22O5. The first kappa shape index (κ1) is 13.2. The van der Waals surface area contributed by atoms with E-state index in [-0.39, 0.29) is 18.3 Å². The molecule has 5 nitrogen and oxygen atoms in total. The summed E-state index contributed by atoms with van der Waals surface area (Å²) in [4.78, 5) is 0. The number of rotatable bonds is 3. The molecule has 1 N–H and O–H groups in total. The molecule has 0 bridgehead atoms. The lowest BCUT2D eigenvalue weighted by atomic mass is 10.1. The number of hydrogen-bond acceptors (Lipinski definition) is 5. The van der Waals surface area contributed by atoms with Crippen LogP contribution in [0.4, 0.5) is 0 Å². The molecule has 0 aromatic heterocycles. The van der Waals surface area contributed by atoms with Crippen LogP contribution in [0.15, 0.2) is 0 Å². The molecule has 2 heterocycles. The highest BCUT2D eigenvalue weighted by molar-refractivity contribution is 4.85. The van der Waals surface area contributed by atoms with Gasteiger partial charge in [-0.25, -0.2) is 0 Å². The van der Waals surface area contributed by atoms with Crippen molar-refractivity contribution in [2.24, 2.45) is 0 Å². The average Bonchev–Trinajstić information content (AvgIpc) is 2.69. The van der Waals surface area contributed by atoms with Crippen molar-refractivity contribution in [3.8, 4) is 0 Å². The van der Waals surface area contributed by atoms with Crippen LogP contribution < -0.4 is 0 Å². The van der Waals surface area contributed by atoms with Crippen LogP contribution in [0.1, 0.15) is 34.1 Å². The normalized spacial score (nSPS) is 37.6. The number of ether oxygens (including phenoxy) is 4. The smallest absolute Gasteiger partial charge is 0.163 e. The van der Waals surface area contributed by atoms with Crippen molar-refractivity contribution in [1.29, 1.82) is 0 Å². The molecular weight excluding hydrogens is 224 g/mol. The molecule has 2 saturated heterocycles. The maximum Gasteiger partial charge on any atom is 0.163 e. The first-order chi connectivity index (χ1) is 7.75. The van der Waals surface area contributed by atoms with E-state index in [0.29, 0.717) is 13.2 Å². The summed E-state index contributed by atoms with van der Waals surface area (Å²) in [5.74, 6) is -1.64. The third kappa shape index (κ3) is 3.63. The standard InChI is InChI=1S/C12H22O5/c1-11(2,13)16-8-5-9(14-6-8)10-7-15-12(3,4)17-10/h8-10,13H,5-7H2,1-4H3/t8-,9+,10?/m1/s1. The van der Waals surface area contributed by atoms with Crippen LogP contribution in [-0.2, 0) is 18.9 Å². The molecule has 2 aliphatic heterocycles. The fraction of sp³-hybridized carbons (Fsp3) is 1.00. The van der Waals surface area contributed by atoms with Gasteiger partial charge >= 0.3 is 0 Å². The molecule has 3 atom stereocenters.